The minimum atomic E-state index is 0.0441. The summed E-state index contributed by atoms with van der Waals surface area (Å²) in [5, 5.41) is 7.71. The summed E-state index contributed by atoms with van der Waals surface area (Å²) >= 11 is 0. The Morgan fingerprint density at radius 3 is 3.04 bits per heavy atom. The van der Waals surface area contributed by atoms with Gasteiger partial charge in [0.25, 0.3) is 0 Å². The van der Waals surface area contributed by atoms with Gasteiger partial charge < -0.3 is 4.90 Å². The largest absolute Gasteiger partial charge is 0.342 e. The first-order chi connectivity index (χ1) is 13.6. The highest BCUT2D eigenvalue weighted by molar-refractivity contribution is 5.76. The summed E-state index contributed by atoms with van der Waals surface area (Å²) in [7, 11) is 0. The Hall–Kier alpha value is -2.24. The molecule has 1 unspecified atom stereocenters. The summed E-state index contributed by atoms with van der Waals surface area (Å²) < 4.78 is 0. The van der Waals surface area contributed by atoms with E-state index in [1.165, 1.54) is 35.4 Å². The van der Waals surface area contributed by atoms with E-state index >= 15 is 0 Å². The zero-order valence-electron chi connectivity index (χ0n) is 16.8. The number of piperidine rings is 1. The van der Waals surface area contributed by atoms with E-state index in [4.69, 9.17) is 4.98 Å². The van der Waals surface area contributed by atoms with Crippen molar-refractivity contribution in [2.45, 2.75) is 76.5 Å². The molecule has 1 atom stereocenters. The smallest absolute Gasteiger partial charge is 0.222 e. The van der Waals surface area contributed by atoms with Crippen LogP contribution in [0.2, 0.25) is 0 Å². The molecule has 3 heterocycles. The van der Waals surface area contributed by atoms with Crippen molar-refractivity contribution in [3.8, 4) is 0 Å². The van der Waals surface area contributed by atoms with E-state index in [1.807, 2.05) is 13.1 Å². The zero-order chi connectivity index (χ0) is 19.1. The molecule has 6 heteroatoms. The third kappa shape index (κ3) is 3.03. The van der Waals surface area contributed by atoms with E-state index in [0.29, 0.717) is 6.42 Å². The van der Waals surface area contributed by atoms with Gasteiger partial charge in [-0.25, -0.2) is 9.97 Å². The molecule has 1 N–H and O–H groups in total. The molecule has 3 aliphatic rings. The maximum Gasteiger partial charge on any atom is 0.222 e. The molecule has 1 amide bonds. The molecule has 2 aromatic rings. The molecule has 1 saturated heterocycles. The molecule has 0 bridgehead atoms. The number of aromatic nitrogens is 4. The molecule has 0 aromatic carbocycles. The molecule has 0 saturated carbocycles. The normalized spacial score (nSPS) is 23.7. The molecular formula is C22H29N5O. The summed E-state index contributed by atoms with van der Waals surface area (Å²) in [6.45, 7) is 3.65. The first-order valence-corrected chi connectivity index (χ1v) is 10.8. The summed E-state index contributed by atoms with van der Waals surface area (Å²) in [6.07, 6.45) is 12.3. The monoisotopic (exact) mass is 379 g/mol. The van der Waals surface area contributed by atoms with Gasteiger partial charge >= 0.3 is 0 Å². The summed E-state index contributed by atoms with van der Waals surface area (Å²) in [4.78, 5) is 24.3. The quantitative estimate of drug-likeness (QED) is 0.890. The predicted octanol–water partition coefficient (Wildman–Crippen LogP) is 2.83. The van der Waals surface area contributed by atoms with Crippen LogP contribution in [0.1, 0.15) is 72.6 Å². The number of aryl methyl sites for hydroxylation is 4. The molecule has 0 radical (unpaired) electrons. The number of carbonyl (C=O) groups is 1. The first kappa shape index (κ1) is 17.8. The number of rotatable bonds is 3. The van der Waals surface area contributed by atoms with Crippen LogP contribution in [-0.2, 0) is 35.9 Å². The second-order valence-corrected chi connectivity index (χ2v) is 8.82. The molecular weight excluding hydrogens is 350 g/mol. The highest BCUT2D eigenvalue weighted by atomic mass is 16.2. The van der Waals surface area contributed by atoms with Crippen molar-refractivity contribution in [3.63, 3.8) is 0 Å². The summed E-state index contributed by atoms with van der Waals surface area (Å²) in [6, 6.07) is 0. The Morgan fingerprint density at radius 2 is 2.11 bits per heavy atom. The fraction of sp³-hybridized carbons (Fsp3) is 0.636. The van der Waals surface area contributed by atoms with E-state index in [2.05, 4.69) is 20.1 Å². The number of aromatic amines is 1. The maximum atomic E-state index is 13.0. The molecule has 28 heavy (non-hydrogen) atoms. The van der Waals surface area contributed by atoms with Crippen LogP contribution in [0.5, 0.6) is 0 Å². The standard InChI is InChI=1S/C22H29N5O/c1-15-23-13-16-9-11-22(21(16)24-15)10-4-12-27(14-22)20(28)8-7-19-17-5-2-3-6-18(17)25-26-19/h13H,2-12,14H2,1H3,(H,25,26). The van der Waals surface area contributed by atoms with Crippen molar-refractivity contribution < 1.29 is 4.79 Å². The van der Waals surface area contributed by atoms with Gasteiger partial charge in [-0.2, -0.15) is 5.10 Å². The number of carbonyl (C=O) groups excluding carboxylic acids is 1. The molecule has 6 nitrogen and oxygen atoms in total. The lowest BCUT2D eigenvalue weighted by Crippen LogP contribution is -2.48. The highest BCUT2D eigenvalue weighted by Crippen LogP contribution is 2.43. The summed E-state index contributed by atoms with van der Waals surface area (Å²) in [5.74, 6) is 1.11. The number of H-pyrrole nitrogens is 1. The number of likely N-dealkylation sites (tertiary alicyclic amines) is 1. The van der Waals surface area contributed by atoms with Gasteiger partial charge in [0.2, 0.25) is 5.91 Å². The third-order valence-corrected chi connectivity index (χ3v) is 7.01. The van der Waals surface area contributed by atoms with Crippen LogP contribution in [0, 0.1) is 6.92 Å². The fourth-order valence-electron chi connectivity index (χ4n) is 5.51. The van der Waals surface area contributed by atoms with E-state index in [1.54, 1.807) is 0 Å². The molecule has 1 aliphatic heterocycles. The maximum absolute atomic E-state index is 13.0. The molecule has 5 rings (SSSR count). The van der Waals surface area contributed by atoms with Crippen molar-refractivity contribution in [2.24, 2.45) is 0 Å². The average Bonchev–Trinajstić information content (AvgIpc) is 3.28. The fourth-order valence-corrected chi connectivity index (χ4v) is 5.51. The SMILES string of the molecule is Cc1ncc2c(n1)C1(CCCN(C(=O)CCc3n[nH]c4c3CCCC4)C1)CC2. The lowest BCUT2D eigenvalue weighted by atomic mass is 9.77. The lowest BCUT2D eigenvalue weighted by molar-refractivity contribution is -0.133. The minimum Gasteiger partial charge on any atom is -0.342 e. The van der Waals surface area contributed by atoms with Gasteiger partial charge in [-0.15, -0.1) is 0 Å². The number of fused-ring (bicyclic) bond motifs is 3. The van der Waals surface area contributed by atoms with Crippen LogP contribution >= 0.6 is 0 Å². The van der Waals surface area contributed by atoms with Crippen LogP contribution in [0.25, 0.3) is 0 Å². The van der Waals surface area contributed by atoms with Gasteiger partial charge in [0.1, 0.15) is 5.82 Å². The second-order valence-electron chi connectivity index (χ2n) is 8.82. The number of nitrogens with one attached hydrogen (secondary N) is 1. The Kier molecular flexibility index (Phi) is 4.44. The van der Waals surface area contributed by atoms with Crippen molar-refractivity contribution in [1.82, 2.24) is 25.1 Å². The Bertz CT molecular complexity index is 900. The first-order valence-electron chi connectivity index (χ1n) is 10.8. The van der Waals surface area contributed by atoms with Crippen molar-refractivity contribution in [3.05, 3.63) is 40.2 Å². The number of hydrogen-bond donors (Lipinski definition) is 1. The van der Waals surface area contributed by atoms with Gasteiger partial charge in [0.15, 0.2) is 0 Å². The van der Waals surface area contributed by atoms with Gasteiger partial charge in [0.05, 0.1) is 11.4 Å². The minimum absolute atomic E-state index is 0.0441. The van der Waals surface area contributed by atoms with Crippen LogP contribution in [0.15, 0.2) is 6.20 Å². The molecule has 1 spiro atoms. The van der Waals surface area contributed by atoms with E-state index < -0.39 is 0 Å². The van der Waals surface area contributed by atoms with Gasteiger partial charge in [-0.05, 0) is 69.4 Å². The lowest BCUT2D eigenvalue weighted by Gasteiger charge is -2.40. The topological polar surface area (TPSA) is 74.8 Å². The average molecular weight is 380 g/mol. The Balaban J connectivity index is 1.28. The van der Waals surface area contributed by atoms with Crippen LogP contribution in [-0.4, -0.2) is 44.1 Å². The van der Waals surface area contributed by atoms with Crippen LogP contribution in [0.4, 0.5) is 0 Å². The van der Waals surface area contributed by atoms with Crippen LogP contribution in [0.3, 0.4) is 0 Å². The van der Waals surface area contributed by atoms with Gasteiger partial charge in [-0.1, -0.05) is 0 Å². The predicted molar refractivity (Wildman–Crippen MR) is 106 cm³/mol. The van der Waals surface area contributed by atoms with E-state index in [9.17, 15) is 4.79 Å². The van der Waals surface area contributed by atoms with Gasteiger partial charge in [0, 0.05) is 43.2 Å². The van der Waals surface area contributed by atoms with Crippen LogP contribution < -0.4 is 0 Å². The van der Waals surface area contributed by atoms with E-state index in [-0.39, 0.29) is 11.3 Å². The van der Waals surface area contributed by atoms with Crippen molar-refractivity contribution >= 4 is 5.91 Å². The highest BCUT2D eigenvalue weighted by Gasteiger charge is 2.44. The third-order valence-electron chi connectivity index (χ3n) is 7.01. The van der Waals surface area contributed by atoms with Crippen molar-refractivity contribution in [2.75, 3.05) is 13.1 Å². The molecule has 1 fully saturated rings. The molecule has 2 aliphatic carbocycles. The Labute approximate surface area is 166 Å². The Morgan fingerprint density at radius 1 is 1.21 bits per heavy atom. The second kappa shape index (κ2) is 6.98. The zero-order valence-corrected chi connectivity index (χ0v) is 16.8. The number of hydrogen-bond acceptors (Lipinski definition) is 4. The van der Waals surface area contributed by atoms with E-state index in [0.717, 1.165) is 69.6 Å². The molecule has 2 aromatic heterocycles. The number of amides is 1. The van der Waals surface area contributed by atoms with Gasteiger partial charge in [-0.3, -0.25) is 9.89 Å². The molecule has 148 valence electrons. The van der Waals surface area contributed by atoms with Crippen molar-refractivity contribution in [1.29, 1.82) is 0 Å². The summed E-state index contributed by atoms with van der Waals surface area (Å²) in [5.41, 5.74) is 6.32. The number of nitrogens with zero attached hydrogens (tertiary/aromatic N) is 4.